The van der Waals surface area contributed by atoms with Crippen LogP contribution >= 0.6 is 0 Å². The third-order valence-corrected chi connectivity index (χ3v) is 4.62. The van der Waals surface area contributed by atoms with Gasteiger partial charge in [-0.05, 0) is 24.8 Å². The van der Waals surface area contributed by atoms with E-state index in [1.807, 2.05) is 30.3 Å². The molecule has 0 aliphatic carbocycles. The van der Waals surface area contributed by atoms with Gasteiger partial charge in [0.2, 0.25) is 5.91 Å². The van der Waals surface area contributed by atoms with Crippen LogP contribution in [0.4, 0.5) is 4.79 Å². The zero-order valence-electron chi connectivity index (χ0n) is 14.8. The molecule has 3 rings (SSSR count). The Balaban J connectivity index is 1.56. The van der Waals surface area contributed by atoms with Crippen molar-refractivity contribution in [3.8, 4) is 0 Å². The second kappa shape index (κ2) is 8.17. The van der Waals surface area contributed by atoms with E-state index < -0.39 is 30.1 Å². The van der Waals surface area contributed by atoms with Crippen LogP contribution in [0, 0.1) is 0 Å². The van der Waals surface area contributed by atoms with Crippen LogP contribution in [0.25, 0.3) is 0 Å². The van der Waals surface area contributed by atoms with E-state index in [1.54, 1.807) is 0 Å². The summed E-state index contributed by atoms with van der Waals surface area (Å²) in [5.41, 5.74) is 7.01. The average molecular weight is 374 g/mol. The number of amides is 4. The highest BCUT2D eigenvalue weighted by molar-refractivity contribution is 6.01. The van der Waals surface area contributed by atoms with Crippen molar-refractivity contribution < 1.29 is 24.0 Å². The molecule has 4 amide bonds. The molecule has 2 atom stereocenters. The van der Waals surface area contributed by atoms with E-state index in [1.165, 1.54) is 4.90 Å². The van der Waals surface area contributed by atoms with Crippen LogP contribution in [-0.4, -0.2) is 52.5 Å². The van der Waals surface area contributed by atoms with Crippen molar-refractivity contribution >= 4 is 23.8 Å². The maximum Gasteiger partial charge on any atom is 0.433 e. The Morgan fingerprint density at radius 3 is 2.52 bits per heavy atom. The summed E-state index contributed by atoms with van der Waals surface area (Å²) in [6.45, 7) is 0.466. The second-order valence-corrected chi connectivity index (χ2v) is 6.59. The molecular formula is C18H22N4O5. The number of rotatable bonds is 5. The lowest BCUT2D eigenvalue weighted by Gasteiger charge is -2.28. The quantitative estimate of drug-likeness (QED) is 0.715. The monoisotopic (exact) mass is 374 g/mol. The predicted octanol–water partition coefficient (Wildman–Crippen LogP) is 0.295. The van der Waals surface area contributed by atoms with Gasteiger partial charge < -0.3 is 15.5 Å². The average Bonchev–Trinajstić information content (AvgIpc) is 3.23. The number of nitrogens with two attached hydrogens (primary N) is 1. The van der Waals surface area contributed by atoms with Crippen molar-refractivity contribution in [1.29, 1.82) is 0 Å². The number of carbonyl (C=O) groups is 4. The van der Waals surface area contributed by atoms with Crippen LogP contribution in [-0.2, 0) is 25.6 Å². The fourth-order valence-electron chi connectivity index (χ4n) is 3.25. The summed E-state index contributed by atoms with van der Waals surface area (Å²) in [5.74, 6) is -1.38. The summed E-state index contributed by atoms with van der Waals surface area (Å²) >= 11 is 0. The van der Waals surface area contributed by atoms with Crippen LogP contribution in [0.15, 0.2) is 30.3 Å². The summed E-state index contributed by atoms with van der Waals surface area (Å²) in [5, 5.41) is 3.01. The lowest BCUT2D eigenvalue weighted by molar-refractivity contribution is -0.172. The maximum atomic E-state index is 12.7. The second-order valence-electron chi connectivity index (χ2n) is 6.59. The Hall–Kier alpha value is -2.94. The van der Waals surface area contributed by atoms with Gasteiger partial charge in [0.1, 0.15) is 6.17 Å². The highest BCUT2D eigenvalue weighted by atomic mass is 16.7. The molecule has 27 heavy (non-hydrogen) atoms. The summed E-state index contributed by atoms with van der Waals surface area (Å²) in [4.78, 5) is 54.0. The number of hydroxylamine groups is 2. The van der Waals surface area contributed by atoms with E-state index in [9.17, 15) is 19.2 Å². The molecule has 2 saturated heterocycles. The molecule has 144 valence electrons. The summed E-state index contributed by atoms with van der Waals surface area (Å²) in [6, 6.07) is 8.71. The van der Waals surface area contributed by atoms with E-state index >= 15 is 0 Å². The normalized spacial score (nSPS) is 20.7. The third kappa shape index (κ3) is 4.43. The minimum Gasteiger partial charge on any atom is -0.321 e. The van der Waals surface area contributed by atoms with Crippen LogP contribution in [0.1, 0.15) is 31.2 Å². The molecule has 0 unspecified atom stereocenters. The Bertz CT molecular complexity index is 723. The van der Waals surface area contributed by atoms with Gasteiger partial charge in [-0.1, -0.05) is 30.3 Å². The maximum absolute atomic E-state index is 12.7. The highest BCUT2D eigenvalue weighted by Gasteiger charge is 2.36. The third-order valence-electron chi connectivity index (χ3n) is 4.62. The SMILES string of the molecule is N[C@@H](Cc1ccccc1)C(=O)N1CCC[C@H]1NC(=O)ON1C(=O)CCC1=O. The minimum absolute atomic E-state index is 0.0223. The number of nitrogens with zero attached hydrogens (tertiary/aromatic N) is 2. The Morgan fingerprint density at radius 1 is 1.19 bits per heavy atom. The molecule has 1 aromatic carbocycles. The number of hydrogen-bond donors (Lipinski definition) is 2. The van der Waals surface area contributed by atoms with Gasteiger partial charge in [-0.2, -0.15) is 0 Å². The van der Waals surface area contributed by atoms with E-state index in [-0.39, 0.29) is 18.7 Å². The highest BCUT2D eigenvalue weighted by Crippen LogP contribution is 2.18. The molecule has 1 aromatic rings. The van der Waals surface area contributed by atoms with E-state index in [0.29, 0.717) is 30.9 Å². The fraction of sp³-hybridized carbons (Fsp3) is 0.444. The van der Waals surface area contributed by atoms with Gasteiger partial charge in [-0.3, -0.25) is 19.7 Å². The fourth-order valence-corrected chi connectivity index (χ4v) is 3.25. The van der Waals surface area contributed by atoms with Gasteiger partial charge in [-0.25, -0.2) is 4.79 Å². The molecule has 0 bridgehead atoms. The van der Waals surface area contributed by atoms with Gasteiger partial charge in [0.05, 0.1) is 6.04 Å². The molecule has 0 aromatic heterocycles. The summed E-state index contributed by atoms with van der Waals surface area (Å²) in [6.07, 6.45) is 0.157. The van der Waals surface area contributed by atoms with E-state index in [4.69, 9.17) is 10.6 Å². The Morgan fingerprint density at radius 2 is 1.85 bits per heavy atom. The van der Waals surface area contributed by atoms with Gasteiger partial charge >= 0.3 is 6.09 Å². The Labute approximate surface area is 156 Å². The molecule has 2 aliphatic heterocycles. The number of benzene rings is 1. The number of imide groups is 1. The molecule has 0 radical (unpaired) electrons. The van der Waals surface area contributed by atoms with Gasteiger partial charge in [0, 0.05) is 19.4 Å². The first-order valence-electron chi connectivity index (χ1n) is 8.90. The summed E-state index contributed by atoms with van der Waals surface area (Å²) in [7, 11) is 0. The van der Waals surface area contributed by atoms with E-state index in [2.05, 4.69) is 5.32 Å². The molecule has 0 spiro atoms. The van der Waals surface area contributed by atoms with Crippen LogP contribution in [0.3, 0.4) is 0 Å². The van der Waals surface area contributed by atoms with Crippen molar-refractivity contribution in [3.05, 3.63) is 35.9 Å². The molecule has 3 N–H and O–H groups in total. The Kier molecular flexibility index (Phi) is 5.70. The smallest absolute Gasteiger partial charge is 0.321 e. The molecule has 9 nitrogen and oxygen atoms in total. The van der Waals surface area contributed by atoms with Crippen molar-refractivity contribution in [1.82, 2.24) is 15.3 Å². The first-order valence-corrected chi connectivity index (χ1v) is 8.90. The largest absolute Gasteiger partial charge is 0.433 e. The van der Waals surface area contributed by atoms with Crippen LogP contribution in [0.5, 0.6) is 0 Å². The van der Waals surface area contributed by atoms with Crippen LogP contribution in [0.2, 0.25) is 0 Å². The molecule has 2 heterocycles. The zero-order valence-corrected chi connectivity index (χ0v) is 14.8. The molecule has 2 aliphatic rings. The minimum atomic E-state index is -0.945. The topological polar surface area (TPSA) is 122 Å². The first kappa shape index (κ1) is 18.8. The lowest BCUT2D eigenvalue weighted by Crippen LogP contribution is -2.53. The lowest BCUT2D eigenvalue weighted by atomic mass is 10.1. The zero-order chi connectivity index (χ0) is 19.4. The molecule has 0 saturated carbocycles. The number of hydrogen-bond acceptors (Lipinski definition) is 6. The standard InChI is InChI=1S/C18H22N4O5/c19-13(11-12-5-2-1-3-6-12)17(25)21-10-4-7-14(21)20-18(26)27-22-15(23)8-9-16(22)24/h1-3,5-6,13-14H,4,7-11,19H2,(H,20,26)/t13-,14-/m0/s1. The van der Waals surface area contributed by atoms with Gasteiger partial charge in [0.25, 0.3) is 11.8 Å². The number of carbonyl (C=O) groups excluding carboxylic acids is 4. The van der Waals surface area contributed by atoms with Crippen LogP contribution < -0.4 is 11.1 Å². The predicted molar refractivity (Wildman–Crippen MR) is 93.6 cm³/mol. The van der Waals surface area contributed by atoms with Crippen molar-refractivity contribution in [2.75, 3.05) is 6.54 Å². The van der Waals surface area contributed by atoms with Gasteiger partial charge in [-0.15, -0.1) is 5.06 Å². The summed E-state index contributed by atoms with van der Waals surface area (Å²) < 4.78 is 0. The van der Waals surface area contributed by atoms with Crippen molar-refractivity contribution in [3.63, 3.8) is 0 Å². The molecule has 9 heteroatoms. The first-order chi connectivity index (χ1) is 13.0. The van der Waals surface area contributed by atoms with Crippen molar-refractivity contribution in [2.45, 2.75) is 44.3 Å². The van der Waals surface area contributed by atoms with Gasteiger partial charge in [0.15, 0.2) is 0 Å². The molecule has 2 fully saturated rings. The number of nitrogens with one attached hydrogen (secondary N) is 1. The van der Waals surface area contributed by atoms with E-state index in [0.717, 1.165) is 5.56 Å². The van der Waals surface area contributed by atoms with Crippen molar-refractivity contribution in [2.24, 2.45) is 5.73 Å². The molecular weight excluding hydrogens is 352 g/mol. The number of likely N-dealkylation sites (tertiary alicyclic amines) is 1.